The van der Waals surface area contributed by atoms with Crippen molar-refractivity contribution in [2.75, 3.05) is 13.7 Å². The second kappa shape index (κ2) is 5.37. The lowest BCUT2D eigenvalue weighted by Gasteiger charge is -2.25. The number of aliphatic carboxylic acids is 1. The predicted molar refractivity (Wildman–Crippen MR) is 76.6 cm³/mol. The Labute approximate surface area is 122 Å². The van der Waals surface area contributed by atoms with E-state index in [4.69, 9.17) is 9.84 Å². The van der Waals surface area contributed by atoms with E-state index in [0.29, 0.717) is 24.5 Å². The normalized spacial score (nSPS) is 29.2. The van der Waals surface area contributed by atoms with Gasteiger partial charge in [0.25, 0.3) is 0 Å². The molecule has 1 saturated heterocycles. The van der Waals surface area contributed by atoms with Gasteiger partial charge in [0.2, 0.25) is 5.90 Å². The standard InChI is InChI=1S/C15H18N2O4/c1-17-11(6-7-12(17)15(19)20)10-8-21-14(16-10)9-4-2-3-5-13(9)18/h2-5,10-12,18H,6-8H2,1H3,(H,19,20)/t10-,11-,12+/m0/s1. The molecule has 0 aromatic heterocycles. The number of ether oxygens (including phenoxy) is 1. The molecule has 6 heteroatoms. The summed E-state index contributed by atoms with van der Waals surface area (Å²) in [7, 11) is 1.82. The molecule has 0 unspecified atom stereocenters. The van der Waals surface area contributed by atoms with Crippen LogP contribution in [-0.2, 0) is 9.53 Å². The van der Waals surface area contributed by atoms with Crippen molar-refractivity contribution < 1.29 is 19.7 Å². The average molecular weight is 290 g/mol. The minimum Gasteiger partial charge on any atom is -0.507 e. The molecule has 2 aliphatic rings. The van der Waals surface area contributed by atoms with Crippen LogP contribution >= 0.6 is 0 Å². The van der Waals surface area contributed by atoms with Crippen LogP contribution in [0.25, 0.3) is 0 Å². The number of nitrogens with zero attached hydrogens (tertiary/aromatic N) is 2. The highest BCUT2D eigenvalue weighted by atomic mass is 16.5. The molecule has 2 N–H and O–H groups in total. The average Bonchev–Trinajstić information content (AvgIpc) is 3.05. The second-order valence-corrected chi connectivity index (χ2v) is 5.49. The summed E-state index contributed by atoms with van der Waals surface area (Å²) in [5.74, 6) is -0.214. The fourth-order valence-electron chi connectivity index (χ4n) is 3.12. The summed E-state index contributed by atoms with van der Waals surface area (Å²) in [6.07, 6.45) is 1.42. The van der Waals surface area contributed by atoms with E-state index in [1.165, 1.54) is 0 Å². The molecule has 0 radical (unpaired) electrons. The molecule has 1 fully saturated rings. The zero-order valence-electron chi connectivity index (χ0n) is 11.8. The Morgan fingerprint density at radius 3 is 2.81 bits per heavy atom. The number of carbonyl (C=O) groups is 1. The zero-order valence-corrected chi connectivity index (χ0v) is 11.8. The Balaban J connectivity index is 1.78. The van der Waals surface area contributed by atoms with E-state index in [2.05, 4.69) is 4.99 Å². The number of likely N-dealkylation sites (tertiary alicyclic amines) is 1. The first-order valence-electron chi connectivity index (χ1n) is 7.01. The first-order valence-corrected chi connectivity index (χ1v) is 7.01. The number of phenolic OH excluding ortho intramolecular Hbond substituents is 1. The van der Waals surface area contributed by atoms with Crippen LogP contribution in [0.5, 0.6) is 5.75 Å². The largest absolute Gasteiger partial charge is 0.507 e. The van der Waals surface area contributed by atoms with Gasteiger partial charge in [-0.2, -0.15) is 0 Å². The Hall–Kier alpha value is -2.08. The van der Waals surface area contributed by atoms with Gasteiger partial charge in [0.1, 0.15) is 24.4 Å². The molecule has 0 spiro atoms. The van der Waals surface area contributed by atoms with Crippen LogP contribution in [0.2, 0.25) is 0 Å². The van der Waals surface area contributed by atoms with Crippen LogP contribution in [-0.4, -0.2) is 58.8 Å². The number of para-hydroxylation sites is 1. The lowest BCUT2D eigenvalue weighted by Crippen LogP contribution is -2.43. The molecule has 0 aliphatic carbocycles. The summed E-state index contributed by atoms with van der Waals surface area (Å²) in [6.45, 7) is 0.422. The smallest absolute Gasteiger partial charge is 0.320 e. The minimum absolute atomic E-state index is 0.0643. The SMILES string of the molecule is CN1[C@@H](C(=O)O)CC[C@H]1[C@@H]1COC(c2ccccc2O)=N1. The summed E-state index contributed by atoms with van der Waals surface area (Å²) in [5, 5.41) is 19.0. The van der Waals surface area contributed by atoms with Gasteiger partial charge in [0.05, 0.1) is 5.56 Å². The van der Waals surface area contributed by atoms with E-state index in [1.54, 1.807) is 18.2 Å². The van der Waals surface area contributed by atoms with E-state index >= 15 is 0 Å². The number of carboxylic acids is 1. The maximum absolute atomic E-state index is 11.2. The number of phenols is 1. The van der Waals surface area contributed by atoms with Gasteiger partial charge in [-0.05, 0) is 32.0 Å². The molecule has 1 aromatic rings. The molecule has 3 atom stereocenters. The van der Waals surface area contributed by atoms with Crippen LogP contribution < -0.4 is 0 Å². The molecule has 2 heterocycles. The topological polar surface area (TPSA) is 82.4 Å². The highest BCUT2D eigenvalue weighted by Crippen LogP contribution is 2.30. The quantitative estimate of drug-likeness (QED) is 0.870. The van der Waals surface area contributed by atoms with Crippen molar-refractivity contribution >= 4 is 11.9 Å². The molecule has 112 valence electrons. The number of likely N-dealkylation sites (N-methyl/N-ethyl adjacent to an activating group) is 1. The molecule has 0 amide bonds. The third-order valence-electron chi connectivity index (χ3n) is 4.29. The second-order valence-electron chi connectivity index (χ2n) is 5.49. The lowest BCUT2D eigenvalue weighted by atomic mass is 10.1. The lowest BCUT2D eigenvalue weighted by molar-refractivity contribution is -0.142. The van der Waals surface area contributed by atoms with E-state index < -0.39 is 12.0 Å². The number of aliphatic imine (C=N–C) groups is 1. The number of rotatable bonds is 3. The van der Waals surface area contributed by atoms with Gasteiger partial charge >= 0.3 is 5.97 Å². The highest BCUT2D eigenvalue weighted by Gasteiger charge is 2.41. The number of hydrogen-bond acceptors (Lipinski definition) is 5. The van der Waals surface area contributed by atoms with Crippen LogP contribution in [0.3, 0.4) is 0 Å². The van der Waals surface area contributed by atoms with Crippen molar-refractivity contribution in [3.8, 4) is 5.75 Å². The Morgan fingerprint density at radius 1 is 1.38 bits per heavy atom. The van der Waals surface area contributed by atoms with Gasteiger partial charge in [0, 0.05) is 6.04 Å². The van der Waals surface area contributed by atoms with Crippen molar-refractivity contribution in [1.82, 2.24) is 4.90 Å². The van der Waals surface area contributed by atoms with E-state index in [0.717, 1.165) is 6.42 Å². The third-order valence-corrected chi connectivity index (χ3v) is 4.29. The minimum atomic E-state index is -0.788. The summed E-state index contributed by atoms with van der Waals surface area (Å²) in [4.78, 5) is 17.6. The fourth-order valence-corrected chi connectivity index (χ4v) is 3.12. The number of hydrogen-bond donors (Lipinski definition) is 2. The van der Waals surface area contributed by atoms with Gasteiger partial charge in [-0.15, -0.1) is 0 Å². The van der Waals surface area contributed by atoms with Crippen molar-refractivity contribution in [2.24, 2.45) is 4.99 Å². The molecule has 21 heavy (non-hydrogen) atoms. The van der Waals surface area contributed by atoms with Crippen molar-refractivity contribution in [3.05, 3.63) is 29.8 Å². The van der Waals surface area contributed by atoms with Gasteiger partial charge in [0.15, 0.2) is 0 Å². The molecular weight excluding hydrogens is 272 g/mol. The highest BCUT2D eigenvalue weighted by molar-refractivity contribution is 5.97. The monoisotopic (exact) mass is 290 g/mol. The first-order chi connectivity index (χ1) is 10.1. The van der Waals surface area contributed by atoms with Crippen molar-refractivity contribution in [2.45, 2.75) is 31.0 Å². The zero-order chi connectivity index (χ0) is 15.0. The fraction of sp³-hybridized carbons (Fsp3) is 0.467. The van der Waals surface area contributed by atoms with E-state index in [1.807, 2.05) is 18.0 Å². The van der Waals surface area contributed by atoms with Crippen LogP contribution in [0.1, 0.15) is 18.4 Å². The van der Waals surface area contributed by atoms with E-state index in [-0.39, 0.29) is 17.8 Å². The van der Waals surface area contributed by atoms with Gasteiger partial charge in [-0.3, -0.25) is 9.69 Å². The predicted octanol–water partition coefficient (Wildman–Crippen LogP) is 1.08. The van der Waals surface area contributed by atoms with Crippen molar-refractivity contribution in [1.29, 1.82) is 0 Å². The van der Waals surface area contributed by atoms with Gasteiger partial charge in [-0.1, -0.05) is 12.1 Å². The summed E-state index contributed by atoms with van der Waals surface area (Å²) in [5.41, 5.74) is 0.579. The first kappa shape index (κ1) is 13.9. The third kappa shape index (κ3) is 2.47. The Kier molecular flexibility index (Phi) is 3.55. The van der Waals surface area contributed by atoms with Crippen molar-refractivity contribution in [3.63, 3.8) is 0 Å². The molecule has 0 saturated carbocycles. The molecule has 2 aliphatic heterocycles. The van der Waals surface area contributed by atoms with Gasteiger partial charge < -0.3 is 14.9 Å². The number of benzene rings is 1. The summed E-state index contributed by atoms with van der Waals surface area (Å²) >= 11 is 0. The van der Waals surface area contributed by atoms with Crippen LogP contribution in [0.15, 0.2) is 29.3 Å². The molecule has 3 rings (SSSR count). The van der Waals surface area contributed by atoms with Crippen LogP contribution in [0, 0.1) is 0 Å². The molecular formula is C15H18N2O4. The molecule has 1 aromatic carbocycles. The summed E-state index contributed by atoms with van der Waals surface area (Å²) in [6, 6.07) is 6.44. The Bertz CT molecular complexity index is 587. The maximum Gasteiger partial charge on any atom is 0.320 e. The van der Waals surface area contributed by atoms with Gasteiger partial charge in [-0.25, -0.2) is 4.99 Å². The number of carboxylic acid groups (broad SMARTS) is 1. The molecule has 6 nitrogen and oxygen atoms in total. The summed E-state index contributed by atoms with van der Waals surface area (Å²) < 4.78 is 5.60. The Morgan fingerprint density at radius 2 is 2.14 bits per heavy atom. The van der Waals surface area contributed by atoms with Crippen LogP contribution in [0.4, 0.5) is 0 Å². The number of aromatic hydroxyl groups is 1. The molecule has 0 bridgehead atoms. The van der Waals surface area contributed by atoms with E-state index in [9.17, 15) is 9.90 Å². The maximum atomic E-state index is 11.2.